The van der Waals surface area contributed by atoms with E-state index in [2.05, 4.69) is 80.9 Å². The first-order chi connectivity index (χ1) is 12.4. The lowest BCUT2D eigenvalue weighted by Gasteiger charge is -2.36. The Labute approximate surface area is 177 Å². The molecular formula is C22H48O4Si2. The van der Waals surface area contributed by atoms with E-state index in [1.54, 1.807) is 12.2 Å². The summed E-state index contributed by atoms with van der Waals surface area (Å²) in [6.45, 7) is 30.0. The maximum Gasteiger partial charge on any atom is 0.192 e. The van der Waals surface area contributed by atoms with Crippen molar-refractivity contribution in [3.63, 3.8) is 0 Å². The van der Waals surface area contributed by atoms with Crippen LogP contribution in [0, 0.1) is 0 Å². The lowest BCUT2D eigenvalue weighted by atomic mass is 10.2. The van der Waals surface area contributed by atoms with Gasteiger partial charge in [-0.05, 0) is 49.1 Å². The third-order valence-electron chi connectivity index (χ3n) is 5.76. The van der Waals surface area contributed by atoms with Crippen LogP contribution >= 0.6 is 0 Å². The van der Waals surface area contributed by atoms with Crippen LogP contribution in [0.4, 0.5) is 0 Å². The number of hydrogen-bond acceptors (Lipinski definition) is 4. The van der Waals surface area contributed by atoms with Gasteiger partial charge in [0.15, 0.2) is 16.6 Å². The predicted octanol–water partition coefficient (Wildman–Crippen LogP) is 5.89. The third kappa shape index (κ3) is 12.3. The fraction of sp³-hybridized carbons (Fsp3) is 0.818. The summed E-state index contributed by atoms with van der Waals surface area (Å²) in [7, 11) is -3.38. The van der Waals surface area contributed by atoms with E-state index in [4.69, 9.17) is 8.85 Å². The van der Waals surface area contributed by atoms with E-state index in [0.717, 1.165) is 0 Å². The van der Waals surface area contributed by atoms with E-state index >= 15 is 0 Å². The lowest BCUT2D eigenvalue weighted by molar-refractivity contribution is 0.102. The van der Waals surface area contributed by atoms with E-state index in [1.807, 2.05) is 0 Å². The molecule has 0 aliphatic rings. The predicted molar refractivity (Wildman–Crippen MR) is 128 cm³/mol. The number of rotatable bonds is 10. The molecule has 0 spiro atoms. The Hall–Kier alpha value is -0.246. The summed E-state index contributed by atoms with van der Waals surface area (Å²) in [6.07, 6.45) is 3.85. The van der Waals surface area contributed by atoms with Crippen molar-refractivity contribution in [3.8, 4) is 0 Å². The van der Waals surface area contributed by atoms with E-state index in [9.17, 15) is 10.2 Å². The van der Waals surface area contributed by atoms with Crippen LogP contribution in [0.25, 0.3) is 0 Å². The van der Waals surface area contributed by atoms with Gasteiger partial charge in [-0.2, -0.15) is 0 Å². The third-order valence-corrected chi connectivity index (χ3v) is 14.8. The molecule has 28 heavy (non-hydrogen) atoms. The molecule has 6 heteroatoms. The fourth-order valence-corrected chi connectivity index (χ4v) is 3.65. The van der Waals surface area contributed by atoms with Gasteiger partial charge in [-0.1, -0.05) is 53.7 Å². The molecule has 2 N–H and O–H groups in total. The van der Waals surface area contributed by atoms with E-state index in [1.165, 1.54) is 0 Å². The molecule has 0 saturated heterocycles. The highest BCUT2D eigenvalue weighted by molar-refractivity contribution is 6.74. The molecule has 0 aromatic carbocycles. The molecule has 2 atom stereocenters. The Balaban J connectivity index is 0. The van der Waals surface area contributed by atoms with Crippen molar-refractivity contribution in [2.45, 2.75) is 103 Å². The van der Waals surface area contributed by atoms with Crippen LogP contribution in [0.15, 0.2) is 25.3 Å². The molecule has 0 amide bonds. The number of aliphatic hydroxyl groups excluding tert-OH is 2. The minimum Gasteiger partial charge on any atom is -0.414 e. The van der Waals surface area contributed by atoms with Crippen LogP contribution in [-0.4, -0.2) is 52.3 Å². The van der Waals surface area contributed by atoms with Crippen LogP contribution < -0.4 is 0 Å². The van der Waals surface area contributed by atoms with Crippen molar-refractivity contribution in [1.82, 2.24) is 0 Å². The van der Waals surface area contributed by atoms with Crippen molar-refractivity contribution in [2.24, 2.45) is 0 Å². The maximum absolute atomic E-state index is 9.50. The molecule has 168 valence electrons. The van der Waals surface area contributed by atoms with Crippen molar-refractivity contribution >= 4 is 16.6 Å². The molecule has 0 unspecified atom stereocenters. The largest absolute Gasteiger partial charge is 0.414 e. The minimum absolute atomic E-state index is 0.209. The second-order valence-electron chi connectivity index (χ2n) is 10.5. The summed E-state index contributed by atoms with van der Waals surface area (Å²) in [5, 5.41) is 19.4. The summed E-state index contributed by atoms with van der Waals surface area (Å²) in [5.74, 6) is 0. The zero-order valence-electron chi connectivity index (χ0n) is 20.3. The lowest BCUT2D eigenvalue weighted by Crippen LogP contribution is -2.42. The highest BCUT2D eigenvalue weighted by atomic mass is 28.4. The van der Waals surface area contributed by atoms with Crippen LogP contribution in [-0.2, 0) is 8.85 Å². The molecule has 0 aromatic heterocycles. The van der Waals surface area contributed by atoms with Gasteiger partial charge >= 0.3 is 0 Å². The molecule has 0 fully saturated rings. The van der Waals surface area contributed by atoms with Gasteiger partial charge in [-0.3, -0.25) is 0 Å². The SMILES string of the molecule is C=CC[C@@H](O)CO[Si](C)(C)C(C)(C)C.C=CC[C@H](O)CO[Si](C)(C)C(C)(C)C. The quantitative estimate of drug-likeness (QED) is 0.334. The summed E-state index contributed by atoms with van der Waals surface area (Å²) in [5.41, 5.74) is 0. The Bertz CT molecular complexity index is 406. The minimum atomic E-state index is -1.69. The Kier molecular flexibility index (Phi) is 13.3. The van der Waals surface area contributed by atoms with Crippen LogP contribution in [0.2, 0.25) is 36.3 Å². The molecule has 0 bridgehead atoms. The molecule has 0 aliphatic carbocycles. The summed E-state index contributed by atoms with van der Waals surface area (Å²) in [4.78, 5) is 0. The second-order valence-corrected chi connectivity index (χ2v) is 20.1. The van der Waals surface area contributed by atoms with E-state index in [0.29, 0.717) is 26.1 Å². The van der Waals surface area contributed by atoms with Crippen LogP contribution in [0.1, 0.15) is 54.4 Å². The van der Waals surface area contributed by atoms with Crippen molar-refractivity contribution < 1.29 is 19.1 Å². The topological polar surface area (TPSA) is 58.9 Å². The van der Waals surface area contributed by atoms with Gasteiger partial charge in [0.25, 0.3) is 0 Å². The summed E-state index contributed by atoms with van der Waals surface area (Å²) < 4.78 is 11.7. The molecule has 0 rings (SSSR count). The smallest absolute Gasteiger partial charge is 0.192 e. The van der Waals surface area contributed by atoms with Gasteiger partial charge in [0.2, 0.25) is 0 Å². The number of hydrogen-bond donors (Lipinski definition) is 2. The van der Waals surface area contributed by atoms with Gasteiger partial charge < -0.3 is 19.1 Å². The van der Waals surface area contributed by atoms with E-state index < -0.39 is 28.8 Å². The highest BCUT2D eigenvalue weighted by Gasteiger charge is 2.38. The van der Waals surface area contributed by atoms with Gasteiger partial charge in [-0.15, -0.1) is 13.2 Å². The first-order valence-corrected chi connectivity index (χ1v) is 16.1. The molecule has 0 saturated carbocycles. The normalized spacial score (nSPS) is 15.3. The summed E-state index contributed by atoms with van der Waals surface area (Å²) >= 11 is 0. The van der Waals surface area contributed by atoms with Crippen LogP contribution in [0.5, 0.6) is 0 Å². The Morgan fingerprint density at radius 3 is 1.14 bits per heavy atom. The van der Waals surface area contributed by atoms with Crippen molar-refractivity contribution in [2.75, 3.05) is 13.2 Å². The average molecular weight is 433 g/mol. The zero-order valence-corrected chi connectivity index (χ0v) is 22.3. The van der Waals surface area contributed by atoms with Crippen LogP contribution in [0.3, 0.4) is 0 Å². The van der Waals surface area contributed by atoms with Gasteiger partial charge in [0.1, 0.15) is 0 Å². The molecular weight excluding hydrogens is 384 g/mol. The van der Waals surface area contributed by atoms with E-state index in [-0.39, 0.29) is 10.1 Å². The summed E-state index contributed by atoms with van der Waals surface area (Å²) in [6, 6.07) is 0. The molecule has 0 heterocycles. The molecule has 0 aliphatic heterocycles. The standard InChI is InChI=1S/2C11H24O2Si/c2*1-7-8-10(12)9-13-14(5,6)11(2,3)4/h2*7,10,12H,1,8-9H2,2-6H3/t2*10-/m10/s1. The monoisotopic (exact) mass is 432 g/mol. The van der Waals surface area contributed by atoms with Crippen molar-refractivity contribution in [3.05, 3.63) is 25.3 Å². The molecule has 4 nitrogen and oxygen atoms in total. The average Bonchev–Trinajstić information content (AvgIpc) is 2.50. The Morgan fingerprint density at radius 1 is 0.714 bits per heavy atom. The maximum atomic E-state index is 9.50. The second kappa shape index (κ2) is 12.4. The first-order valence-electron chi connectivity index (χ1n) is 10.3. The molecule has 0 radical (unpaired) electrons. The zero-order chi connectivity index (χ0) is 22.8. The van der Waals surface area contributed by atoms with Gasteiger partial charge in [0, 0.05) is 0 Å². The highest BCUT2D eigenvalue weighted by Crippen LogP contribution is 2.37. The van der Waals surface area contributed by atoms with Gasteiger partial charge in [0.05, 0.1) is 25.4 Å². The molecule has 0 aromatic rings. The first kappa shape index (κ1) is 30.0. The van der Waals surface area contributed by atoms with Crippen molar-refractivity contribution in [1.29, 1.82) is 0 Å². The Morgan fingerprint density at radius 2 is 0.964 bits per heavy atom. The fourth-order valence-electron chi connectivity index (χ4n) is 1.56. The van der Waals surface area contributed by atoms with Gasteiger partial charge in [-0.25, -0.2) is 0 Å². The number of aliphatic hydroxyl groups is 2.